The van der Waals surface area contributed by atoms with Crippen LogP contribution in [0.1, 0.15) is 26.2 Å². The predicted molar refractivity (Wildman–Crippen MR) is 116 cm³/mol. The van der Waals surface area contributed by atoms with E-state index in [-0.39, 0.29) is 30.2 Å². The van der Waals surface area contributed by atoms with Crippen molar-refractivity contribution in [3.05, 3.63) is 48.5 Å². The lowest BCUT2D eigenvalue weighted by molar-refractivity contribution is -0.124. The number of benzene rings is 2. The number of carbonyl (C=O) groups excluding carboxylic acids is 2. The van der Waals surface area contributed by atoms with Gasteiger partial charge < -0.3 is 19.3 Å². The van der Waals surface area contributed by atoms with Crippen molar-refractivity contribution in [3.63, 3.8) is 0 Å². The fraction of sp³-hybridized carbons (Fsp3) is 0.417. The Hall–Kier alpha value is -3.02. The molecule has 2 atom stereocenters. The molecule has 0 bridgehead atoms. The molecule has 2 unspecified atom stereocenters. The van der Waals surface area contributed by atoms with E-state index in [1.54, 1.807) is 19.1 Å². The first-order chi connectivity index (χ1) is 14.5. The topological polar surface area (TPSA) is 59.1 Å². The number of methoxy groups -OCH3 is 2. The van der Waals surface area contributed by atoms with Gasteiger partial charge in [0.1, 0.15) is 11.5 Å². The summed E-state index contributed by atoms with van der Waals surface area (Å²) in [5.41, 5.74) is 1.56. The van der Waals surface area contributed by atoms with Crippen molar-refractivity contribution in [2.75, 3.05) is 30.6 Å². The third-order valence-corrected chi connectivity index (χ3v) is 6.15. The van der Waals surface area contributed by atoms with Crippen molar-refractivity contribution in [2.45, 2.75) is 32.2 Å². The second kappa shape index (κ2) is 8.38. The second-order valence-corrected chi connectivity index (χ2v) is 8.06. The van der Waals surface area contributed by atoms with Gasteiger partial charge in [-0.2, -0.15) is 0 Å². The van der Waals surface area contributed by atoms with Crippen molar-refractivity contribution < 1.29 is 19.1 Å². The minimum Gasteiger partial charge on any atom is -0.497 e. The van der Waals surface area contributed by atoms with Crippen LogP contribution in [0.25, 0.3) is 0 Å². The van der Waals surface area contributed by atoms with Crippen LogP contribution in [0.2, 0.25) is 0 Å². The van der Waals surface area contributed by atoms with Gasteiger partial charge in [-0.05, 0) is 62.1 Å². The predicted octanol–water partition coefficient (Wildman–Crippen LogP) is 3.89. The number of carbonyl (C=O) groups is 2. The average Bonchev–Trinajstić information content (AvgIpc) is 3.56. The Labute approximate surface area is 177 Å². The molecule has 1 aliphatic heterocycles. The minimum absolute atomic E-state index is 0.00492. The highest BCUT2D eigenvalue weighted by atomic mass is 16.5. The molecule has 1 saturated carbocycles. The summed E-state index contributed by atoms with van der Waals surface area (Å²) in [7, 11) is 3.21. The van der Waals surface area contributed by atoms with Crippen LogP contribution < -0.4 is 19.3 Å². The van der Waals surface area contributed by atoms with Gasteiger partial charge in [0.05, 0.1) is 25.8 Å². The van der Waals surface area contributed by atoms with E-state index < -0.39 is 0 Å². The third kappa shape index (κ3) is 3.86. The molecule has 1 aliphatic carbocycles. The molecule has 0 spiro atoms. The van der Waals surface area contributed by atoms with Gasteiger partial charge in [0.15, 0.2) is 0 Å². The number of ether oxygens (including phenoxy) is 2. The Morgan fingerprint density at radius 3 is 2.40 bits per heavy atom. The number of amides is 2. The standard InChI is InChI=1S/C24H28N2O4/c1-16(17-8-9-17)26(19-10-12-20(29-2)13-11-19)24(28)18-14-23(27)25(15-18)21-6-4-5-7-22(21)30-3/h4-7,10-13,16-18H,8-9,14-15H2,1-3H3. The summed E-state index contributed by atoms with van der Waals surface area (Å²) in [6.07, 6.45) is 2.48. The maximum atomic E-state index is 13.6. The van der Waals surface area contributed by atoms with Crippen LogP contribution in [0.5, 0.6) is 11.5 Å². The summed E-state index contributed by atoms with van der Waals surface area (Å²) in [6, 6.07) is 15.1. The third-order valence-electron chi connectivity index (χ3n) is 6.15. The lowest BCUT2D eigenvalue weighted by Gasteiger charge is -2.32. The Morgan fingerprint density at radius 1 is 1.07 bits per heavy atom. The van der Waals surface area contributed by atoms with Crippen LogP contribution in [0.15, 0.2) is 48.5 Å². The zero-order valence-electron chi connectivity index (χ0n) is 17.7. The molecule has 158 valence electrons. The van der Waals surface area contributed by atoms with Gasteiger partial charge in [-0.25, -0.2) is 0 Å². The molecule has 6 heteroatoms. The van der Waals surface area contributed by atoms with Crippen LogP contribution in [0, 0.1) is 11.8 Å². The zero-order chi connectivity index (χ0) is 21.3. The summed E-state index contributed by atoms with van der Waals surface area (Å²) in [5.74, 6) is 1.47. The molecule has 4 rings (SSSR count). The molecular formula is C24H28N2O4. The van der Waals surface area contributed by atoms with E-state index >= 15 is 0 Å². The molecule has 0 N–H and O–H groups in total. The summed E-state index contributed by atoms with van der Waals surface area (Å²) in [5, 5.41) is 0. The number of rotatable bonds is 7. The van der Waals surface area contributed by atoms with E-state index in [9.17, 15) is 9.59 Å². The summed E-state index contributed by atoms with van der Waals surface area (Å²) in [4.78, 5) is 30.0. The number of nitrogens with zero attached hydrogens (tertiary/aromatic N) is 2. The Bertz CT molecular complexity index is 923. The van der Waals surface area contributed by atoms with E-state index in [0.29, 0.717) is 23.9 Å². The number of anilines is 2. The normalized spacial score (nSPS) is 19.5. The van der Waals surface area contributed by atoms with Crippen LogP contribution >= 0.6 is 0 Å². The molecular weight excluding hydrogens is 380 g/mol. The fourth-order valence-electron chi connectivity index (χ4n) is 4.25. The minimum atomic E-state index is -0.384. The van der Waals surface area contributed by atoms with Gasteiger partial charge in [0.25, 0.3) is 0 Å². The zero-order valence-corrected chi connectivity index (χ0v) is 17.7. The smallest absolute Gasteiger partial charge is 0.232 e. The van der Waals surface area contributed by atoms with Crippen molar-refractivity contribution in [1.82, 2.24) is 0 Å². The molecule has 1 saturated heterocycles. The SMILES string of the molecule is COc1ccc(N(C(=O)C2CC(=O)N(c3ccccc3OC)C2)C(C)C2CC2)cc1. The molecule has 1 heterocycles. The highest BCUT2D eigenvalue weighted by Gasteiger charge is 2.42. The molecule has 0 radical (unpaired) electrons. The number of hydrogen-bond donors (Lipinski definition) is 0. The lowest BCUT2D eigenvalue weighted by atomic mass is 10.0. The van der Waals surface area contributed by atoms with Crippen LogP contribution in [-0.2, 0) is 9.59 Å². The summed E-state index contributed by atoms with van der Waals surface area (Å²) < 4.78 is 10.7. The van der Waals surface area contributed by atoms with Gasteiger partial charge >= 0.3 is 0 Å². The first kappa shape index (κ1) is 20.3. The van der Waals surface area contributed by atoms with Gasteiger partial charge in [-0.1, -0.05) is 12.1 Å². The van der Waals surface area contributed by atoms with Crippen LogP contribution in [0.4, 0.5) is 11.4 Å². The van der Waals surface area contributed by atoms with E-state index in [2.05, 4.69) is 6.92 Å². The Balaban J connectivity index is 1.59. The number of para-hydroxylation sites is 2. The van der Waals surface area contributed by atoms with Gasteiger partial charge in [0.2, 0.25) is 11.8 Å². The quantitative estimate of drug-likeness (QED) is 0.697. The van der Waals surface area contributed by atoms with Gasteiger partial charge in [-0.15, -0.1) is 0 Å². The maximum Gasteiger partial charge on any atom is 0.232 e. The lowest BCUT2D eigenvalue weighted by Crippen LogP contribution is -2.44. The first-order valence-electron chi connectivity index (χ1n) is 10.4. The average molecular weight is 408 g/mol. The molecule has 2 amide bonds. The Kier molecular flexibility index (Phi) is 5.66. The van der Waals surface area contributed by atoms with E-state index in [0.717, 1.165) is 24.3 Å². The van der Waals surface area contributed by atoms with E-state index in [1.807, 2.05) is 53.4 Å². The monoisotopic (exact) mass is 408 g/mol. The van der Waals surface area contributed by atoms with Crippen molar-refractivity contribution in [2.24, 2.45) is 11.8 Å². The van der Waals surface area contributed by atoms with E-state index in [4.69, 9.17) is 9.47 Å². The fourth-order valence-corrected chi connectivity index (χ4v) is 4.25. The highest BCUT2D eigenvalue weighted by Crippen LogP contribution is 2.39. The van der Waals surface area contributed by atoms with Crippen LogP contribution in [-0.4, -0.2) is 38.6 Å². The first-order valence-corrected chi connectivity index (χ1v) is 10.4. The summed E-state index contributed by atoms with van der Waals surface area (Å²) >= 11 is 0. The molecule has 2 fully saturated rings. The van der Waals surface area contributed by atoms with Gasteiger partial charge in [-0.3, -0.25) is 9.59 Å². The molecule has 2 aliphatic rings. The van der Waals surface area contributed by atoms with E-state index in [1.165, 1.54) is 0 Å². The maximum absolute atomic E-state index is 13.6. The molecule has 30 heavy (non-hydrogen) atoms. The van der Waals surface area contributed by atoms with Crippen LogP contribution in [0.3, 0.4) is 0 Å². The molecule has 0 aromatic heterocycles. The Morgan fingerprint density at radius 2 is 1.77 bits per heavy atom. The van der Waals surface area contributed by atoms with Crippen molar-refractivity contribution in [3.8, 4) is 11.5 Å². The molecule has 6 nitrogen and oxygen atoms in total. The van der Waals surface area contributed by atoms with Gasteiger partial charge in [0, 0.05) is 24.7 Å². The summed E-state index contributed by atoms with van der Waals surface area (Å²) in [6.45, 7) is 2.47. The number of hydrogen-bond acceptors (Lipinski definition) is 4. The highest BCUT2D eigenvalue weighted by molar-refractivity contribution is 6.05. The molecule has 2 aromatic rings. The second-order valence-electron chi connectivity index (χ2n) is 8.06. The van der Waals surface area contributed by atoms with Crippen molar-refractivity contribution >= 4 is 23.2 Å². The largest absolute Gasteiger partial charge is 0.497 e. The van der Waals surface area contributed by atoms with Crippen molar-refractivity contribution in [1.29, 1.82) is 0 Å². The molecule has 2 aromatic carbocycles.